The van der Waals surface area contributed by atoms with Gasteiger partial charge in [-0.05, 0) is 70.6 Å². The van der Waals surface area contributed by atoms with Gasteiger partial charge >= 0.3 is 5.97 Å². The molecule has 1 heterocycles. The topological polar surface area (TPSA) is 135 Å². The molecule has 6 atom stereocenters. The van der Waals surface area contributed by atoms with E-state index in [0.29, 0.717) is 13.0 Å². The second kappa shape index (κ2) is 43.7. The van der Waals surface area contributed by atoms with E-state index in [-0.39, 0.29) is 19.2 Å². The number of carbonyl (C=O) groups excluding carboxylic acids is 1. The molecule has 0 aromatic rings. The number of hydrogen-bond donors (Lipinski definition) is 4. The Bertz CT molecular complexity index is 1030. The average Bonchev–Trinajstić information content (AvgIpc) is 3.26. The molecule has 1 fully saturated rings. The number of hydrogen-bond acceptors (Lipinski definition) is 9. The maximum Gasteiger partial charge on any atom is 0.306 e. The van der Waals surface area contributed by atoms with Gasteiger partial charge in [0.05, 0.1) is 19.8 Å². The van der Waals surface area contributed by atoms with Gasteiger partial charge in [-0.15, -0.1) is 0 Å². The van der Waals surface area contributed by atoms with Crippen LogP contribution in [0.4, 0.5) is 0 Å². The first-order valence-corrected chi connectivity index (χ1v) is 25.6. The number of esters is 1. The zero-order valence-electron chi connectivity index (χ0n) is 39.4. The van der Waals surface area contributed by atoms with Crippen LogP contribution in [0, 0.1) is 0 Å². The minimum atomic E-state index is -1.54. The van der Waals surface area contributed by atoms with Gasteiger partial charge in [-0.3, -0.25) is 4.79 Å². The molecule has 358 valence electrons. The van der Waals surface area contributed by atoms with Crippen molar-refractivity contribution in [3.05, 3.63) is 36.5 Å². The van der Waals surface area contributed by atoms with E-state index >= 15 is 0 Å². The van der Waals surface area contributed by atoms with Gasteiger partial charge in [-0.25, -0.2) is 0 Å². The highest BCUT2D eigenvalue weighted by molar-refractivity contribution is 5.69. The lowest BCUT2D eigenvalue weighted by atomic mass is 9.99. The highest BCUT2D eigenvalue weighted by Gasteiger charge is 2.44. The first-order chi connectivity index (χ1) is 29.9. The van der Waals surface area contributed by atoms with Crippen molar-refractivity contribution < 1.29 is 44.2 Å². The predicted octanol–water partition coefficient (Wildman–Crippen LogP) is 12.3. The van der Waals surface area contributed by atoms with E-state index in [2.05, 4.69) is 50.3 Å². The quantitative estimate of drug-likeness (QED) is 0.0268. The van der Waals surface area contributed by atoms with Crippen LogP contribution in [0.3, 0.4) is 0 Å². The van der Waals surface area contributed by atoms with Gasteiger partial charge in [0.15, 0.2) is 6.29 Å². The lowest BCUT2D eigenvalue weighted by Crippen LogP contribution is -2.59. The Morgan fingerprint density at radius 3 is 1.43 bits per heavy atom. The summed E-state index contributed by atoms with van der Waals surface area (Å²) in [6.45, 7) is 4.55. The van der Waals surface area contributed by atoms with Crippen LogP contribution in [0.15, 0.2) is 36.5 Å². The summed E-state index contributed by atoms with van der Waals surface area (Å²) in [5.41, 5.74) is 0. The molecule has 9 nitrogen and oxygen atoms in total. The predicted molar refractivity (Wildman–Crippen MR) is 252 cm³/mol. The molecule has 4 N–H and O–H groups in total. The highest BCUT2D eigenvalue weighted by atomic mass is 16.7. The number of carbonyl (C=O) groups is 1. The van der Waals surface area contributed by atoms with Crippen molar-refractivity contribution in [1.29, 1.82) is 0 Å². The minimum Gasteiger partial charge on any atom is -0.457 e. The van der Waals surface area contributed by atoms with Gasteiger partial charge in [0.25, 0.3) is 0 Å². The van der Waals surface area contributed by atoms with E-state index in [1.165, 1.54) is 154 Å². The van der Waals surface area contributed by atoms with Crippen LogP contribution in [0.1, 0.15) is 226 Å². The Morgan fingerprint density at radius 2 is 0.951 bits per heavy atom. The summed E-state index contributed by atoms with van der Waals surface area (Å²) in [6, 6.07) is 0. The van der Waals surface area contributed by atoms with Crippen molar-refractivity contribution in [2.24, 2.45) is 0 Å². The summed E-state index contributed by atoms with van der Waals surface area (Å²) in [5, 5.41) is 40.2. The number of aliphatic hydroxyl groups is 4. The van der Waals surface area contributed by atoms with Crippen molar-refractivity contribution >= 4 is 5.97 Å². The molecule has 61 heavy (non-hydrogen) atoms. The lowest BCUT2D eigenvalue weighted by Gasteiger charge is -2.39. The molecule has 1 saturated heterocycles. The summed E-state index contributed by atoms with van der Waals surface area (Å²) in [7, 11) is 0. The van der Waals surface area contributed by atoms with Gasteiger partial charge in [0, 0.05) is 13.0 Å². The second-order valence-corrected chi connectivity index (χ2v) is 17.6. The summed E-state index contributed by atoms with van der Waals surface area (Å²) in [4.78, 5) is 12.8. The summed E-state index contributed by atoms with van der Waals surface area (Å²) >= 11 is 0. The second-order valence-electron chi connectivity index (χ2n) is 17.6. The third-order valence-corrected chi connectivity index (χ3v) is 11.8. The van der Waals surface area contributed by atoms with Crippen LogP contribution in [0.25, 0.3) is 0 Å². The molecule has 0 aliphatic carbocycles. The molecule has 0 amide bonds. The monoisotopic (exact) mass is 865 g/mol. The molecule has 0 aromatic heterocycles. The number of unbranched alkanes of at least 4 members (excludes halogenated alkanes) is 27. The third-order valence-electron chi connectivity index (χ3n) is 11.8. The standard InChI is InChI=1S/C52H96O9/c1-3-5-7-9-11-13-15-17-19-20-21-22-23-24-25-26-27-28-30-32-34-36-38-40-42-58-44-46(45-59-52-51(57)50(56)49(55)47(43-53)61-52)60-48(54)41-39-37-35-33-31-29-18-16-14-12-10-8-6-4-2/h15-18,20-21,46-47,49-53,55-57H,3-14,19,22-45H2,1-2H3/b17-15-,18-16-,21-20-. The van der Waals surface area contributed by atoms with E-state index < -0.39 is 43.4 Å². The Hall–Kier alpha value is -1.59. The van der Waals surface area contributed by atoms with Gasteiger partial charge in [0.1, 0.15) is 30.5 Å². The maximum absolute atomic E-state index is 12.8. The Morgan fingerprint density at radius 1 is 0.525 bits per heavy atom. The van der Waals surface area contributed by atoms with Gasteiger partial charge in [-0.2, -0.15) is 0 Å². The van der Waals surface area contributed by atoms with Gasteiger partial charge < -0.3 is 39.4 Å². The van der Waals surface area contributed by atoms with Gasteiger partial charge in [-0.1, -0.05) is 185 Å². The zero-order valence-corrected chi connectivity index (χ0v) is 39.4. The van der Waals surface area contributed by atoms with Crippen LogP contribution in [0.5, 0.6) is 0 Å². The summed E-state index contributed by atoms with van der Waals surface area (Å²) in [6.07, 6.45) is 46.1. The van der Waals surface area contributed by atoms with Crippen molar-refractivity contribution in [3.8, 4) is 0 Å². The fourth-order valence-corrected chi connectivity index (χ4v) is 7.75. The third kappa shape index (κ3) is 34.5. The van der Waals surface area contributed by atoms with E-state index in [0.717, 1.165) is 51.4 Å². The summed E-state index contributed by atoms with van der Waals surface area (Å²) < 4.78 is 22.9. The normalized spacial score (nSPS) is 20.1. The zero-order chi connectivity index (χ0) is 44.3. The molecule has 0 bridgehead atoms. The number of rotatable bonds is 44. The molecular formula is C52H96O9. The smallest absolute Gasteiger partial charge is 0.306 e. The Labute approximate surface area is 374 Å². The molecule has 9 heteroatoms. The van der Waals surface area contributed by atoms with Crippen LogP contribution >= 0.6 is 0 Å². The van der Waals surface area contributed by atoms with Crippen molar-refractivity contribution in [2.75, 3.05) is 26.4 Å². The van der Waals surface area contributed by atoms with Crippen molar-refractivity contribution in [1.82, 2.24) is 0 Å². The molecule has 1 aliphatic rings. The lowest BCUT2D eigenvalue weighted by molar-refractivity contribution is -0.305. The highest BCUT2D eigenvalue weighted by Crippen LogP contribution is 2.23. The fraction of sp³-hybridized carbons (Fsp3) is 0.865. The molecule has 1 aliphatic heterocycles. The van der Waals surface area contributed by atoms with Crippen LogP contribution in [0.2, 0.25) is 0 Å². The van der Waals surface area contributed by atoms with Crippen LogP contribution < -0.4 is 0 Å². The molecule has 0 saturated carbocycles. The molecular weight excluding hydrogens is 769 g/mol. The number of allylic oxidation sites excluding steroid dienone is 6. The Kier molecular flexibility index (Phi) is 41.1. The van der Waals surface area contributed by atoms with E-state index in [4.69, 9.17) is 18.9 Å². The SMILES string of the molecule is CCCCCCC/C=C\C/C=C\CCCCCCCCCCCCCCOCC(COC1OC(CO)C(O)C(O)C1O)OC(=O)CCCCCCC/C=C\CCCCCCC. The molecule has 6 unspecified atom stereocenters. The van der Waals surface area contributed by atoms with Crippen LogP contribution in [-0.4, -0.2) is 89.6 Å². The molecule has 0 radical (unpaired) electrons. The molecule has 1 rings (SSSR count). The van der Waals surface area contributed by atoms with Crippen molar-refractivity contribution in [2.45, 2.75) is 263 Å². The largest absolute Gasteiger partial charge is 0.457 e. The minimum absolute atomic E-state index is 0.116. The first-order valence-electron chi connectivity index (χ1n) is 25.6. The van der Waals surface area contributed by atoms with E-state index in [1.54, 1.807) is 0 Å². The maximum atomic E-state index is 12.8. The average molecular weight is 865 g/mol. The van der Waals surface area contributed by atoms with Crippen LogP contribution in [-0.2, 0) is 23.7 Å². The van der Waals surface area contributed by atoms with E-state index in [9.17, 15) is 25.2 Å². The van der Waals surface area contributed by atoms with Crippen molar-refractivity contribution in [3.63, 3.8) is 0 Å². The first kappa shape index (κ1) is 57.4. The molecule has 0 aromatic carbocycles. The number of aliphatic hydroxyl groups excluding tert-OH is 4. The number of ether oxygens (including phenoxy) is 4. The summed E-state index contributed by atoms with van der Waals surface area (Å²) in [5.74, 6) is -0.321. The van der Waals surface area contributed by atoms with E-state index in [1.807, 2.05) is 0 Å². The van der Waals surface area contributed by atoms with Gasteiger partial charge in [0.2, 0.25) is 0 Å². The Balaban J connectivity index is 2.18. The molecule has 0 spiro atoms. The fourth-order valence-electron chi connectivity index (χ4n) is 7.75.